The first-order valence-corrected chi connectivity index (χ1v) is 23.5. The van der Waals surface area contributed by atoms with Gasteiger partial charge in [-0.15, -0.1) is 0 Å². The van der Waals surface area contributed by atoms with Crippen LogP contribution in [0.2, 0.25) is 0 Å². The van der Waals surface area contributed by atoms with Gasteiger partial charge in [-0.25, -0.2) is 4.18 Å². The number of aliphatic hydroxyl groups excluding tert-OH is 5. The second kappa shape index (κ2) is 34.7. The number of nitrogens with one attached hydrogen (secondary N) is 1. The normalized spacial score (nSPS) is 22.1. The minimum absolute atomic E-state index is 0.225. The van der Waals surface area contributed by atoms with E-state index < -0.39 is 78.5 Å². The van der Waals surface area contributed by atoms with Gasteiger partial charge in [-0.3, -0.25) is 9.35 Å². The van der Waals surface area contributed by atoms with Crippen molar-refractivity contribution in [3.05, 3.63) is 48.6 Å². The Morgan fingerprint density at radius 2 is 1.22 bits per heavy atom. The van der Waals surface area contributed by atoms with Gasteiger partial charge in [0.15, 0.2) is 6.29 Å². The SMILES string of the molecule is C/C=C/CC/C=C/CC/C=C/C(O)C(COC1OC(CO)C(O)C(OS(=O)(=O)O)C1O)NC(=O)C(O)CCCCCCCC/C=C\CCCCCCCCCCCC. The zero-order valence-electron chi connectivity index (χ0n) is 35.5. The second-order valence-corrected chi connectivity index (χ2v) is 16.5. The molecular weight excluding hydrogens is 767 g/mol. The summed E-state index contributed by atoms with van der Waals surface area (Å²) in [5, 5.41) is 54.9. The van der Waals surface area contributed by atoms with E-state index in [-0.39, 0.29) is 6.42 Å². The number of carbonyl (C=O) groups is 1. The summed E-state index contributed by atoms with van der Waals surface area (Å²) in [6.45, 7) is 2.93. The molecule has 0 aromatic carbocycles. The molecule has 14 heteroatoms. The molecule has 1 heterocycles. The van der Waals surface area contributed by atoms with Crippen LogP contribution in [0.15, 0.2) is 48.6 Å². The average molecular weight is 846 g/mol. The largest absolute Gasteiger partial charge is 0.397 e. The van der Waals surface area contributed by atoms with Gasteiger partial charge in [0, 0.05) is 0 Å². The molecule has 0 aliphatic carbocycles. The van der Waals surface area contributed by atoms with E-state index in [4.69, 9.17) is 14.0 Å². The van der Waals surface area contributed by atoms with Crippen molar-refractivity contribution in [2.75, 3.05) is 13.2 Å². The number of unbranched alkanes of at least 4 members (excludes halogenated alkanes) is 18. The molecule has 0 aromatic rings. The van der Waals surface area contributed by atoms with Gasteiger partial charge < -0.3 is 40.3 Å². The average Bonchev–Trinajstić information content (AvgIpc) is 3.19. The number of amides is 1. The van der Waals surface area contributed by atoms with Crippen LogP contribution in [0.1, 0.15) is 162 Å². The number of rotatable bonds is 36. The Labute approximate surface area is 350 Å². The fraction of sp³-hybridized carbons (Fsp3) is 0.795. The Bertz CT molecular complexity index is 1240. The van der Waals surface area contributed by atoms with Crippen LogP contribution < -0.4 is 5.32 Å². The number of carbonyl (C=O) groups excluding carboxylic acids is 1. The Morgan fingerprint density at radius 3 is 1.76 bits per heavy atom. The molecule has 338 valence electrons. The van der Waals surface area contributed by atoms with Gasteiger partial charge in [0.25, 0.3) is 0 Å². The molecule has 1 rings (SSSR count). The second-order valence-electron chi connectivity index (χ2n) is 15.4. The van der Waals surface area contributed by atoms with Gasteiger partial charge in [-0.2, -0.15) is 8.42 Å². The first-order valence-electron chi connectivity index (χ1n) is 22.1. The van der Waals surface area contributed by atoms with Crippen molar-refractivity contribution in [1.82, 2.24) is 5.32 Å². The summed E-state index contributed by atoms with van der Waals surface area (Å²) >= 11 is 0. The maximum absolute atomic E-state index is 13.0. The van der Waals surface area contributed by atoms with E-state index in [1.54, 1.807) is 6.08 Å². The summed E-state index contributed by atoms with van der Waals surface area (Å²) in [6.07, 6.45) is 29.6. The topological polar surface area (TPSA) is 212 Å². The maximum atomic E-state index is 13.0. The number of hydrogen-bond acceptors (Lipinski definition) is 11. The summed E-state index contributed by atoms with van der Waals surface area (Å²) in [5.41, 5.74) is 0. The van der Waals surface area contributed by atoms with Crippen LogP contribution in [0, 0.1) is 0 Å². The van der Waals surface area contributed by atoms with Crippen molar-refractivity contribution >= 4 is 16.3 Å². The Balaban J connectivity index is 2.52. The van der Waals surface area contributed by atoms with Crippen LogP contribution in [0.3, 0.4) is 0 Å². The molecule has 1 aliphatic rings. The first-order chi connectivity index (χ1) is 27.9. The van der Waals surface area contributed by atoms with Crippen molar-refractivity contribution in [3.8, 4) is 0 Å². The van der Waals surface area contributed by atoms with Gasteiger partial charge in [-0.05, 0) is 64.7 Å². The third-order valence-corrected chi connectivity index (χ3v) is 10.7. The molecule has 58 heavy (non-hydrogen) atoms. The molecule has 1 fully saturated rings. The predicted octanol–water partition coefficient (Wildman–Crippen LogP) is 7.07. The highest BCUT2D eigenvalue weighted by atomic mass is 32.3. The van der Waals surface area contributed by atoms with Crippen LogP contribution in [0.4, 0.5) is 0 Å². The highest BCUT2D eigenvalue weighted by molar-refractivity contribution is 7.80. The van der Waals surface area contributed by atoms with E-state index >= 15 is 0 Å². The van der Waals surface area contributed by atoms with Crippen LogP contribution in [0.25, 0.3) is 0 Å². The van der Waals surface area contributed by atoms with Crippen molar-refractivity contribution in [2.45, 2.75) is 210 Å². The summed E-state index contributed by atoms with van der Waals surface area (Å²) in [6, 6.07) is -1.14. The van der Waals surface area contributed by atoms with E-state index in [9.17, 15) is 38.7 Å². The molecule has 1 amide bonds. The maximum Gasteiger partial charge on any atom is 0.397 e. The van der Waals surface area contributed by atoms with Crippen LogP contribution in [-0.4, -0.2) is 107 Å². The van der Waals surface area contributed by atoms with Crippen LogP contribution >= 0.6 is 0 Å². The highest BCUT2D eigenvalue weighted by Gasteiger charge is 2.48. The highest BCUT2D eigenvalue weighted by Crippen LogP contribution is 2.26. The molecule has 7 N–H and O–H groups in total. The molecule has 0 bridgehead atoms. The minimum atomic E-state index is -5.12. The van der Waals surface area contributed by atoms with Crippen LogP contribution in [-0.2, 0) is 28.9 Å². The summed E-state index contributed by atoms with van der Waals surface area (Å²) in [4.78, 5) is 13.0. The van der Waals surface area contributed by atoms with Gasteiger partial charge in [0.05, 0.1) is 25.4 Å². The summed E-state index contributed by atoms with van der Waals surface area (Å²) < 4.78 is 47.3. The van der Waals surface area contributed by atoms with Crippen molar-refractivity contribution in [3.63, 3.8) is 0 Å². The van der Waals surface area contributed by atoms with E-state index in [1.807, 2.05) is 19.1 Å². The lowest BCUT2D eigenvalue weighted by Crippen LogP contribution is -2.61. The predicted molar refractivity (Wildman–Crippen MR) is 228 cm³/mol. The molecule has 8 atom stereocenters. The fourth-order valence-electron chi connectivity index (χ4n) is 6.73. The van der Waals surface area contributed by atoms with E-state index in [2.05, 4.69) is 40.7 Å². The minimum Gasteiger partial charge on any atom is -0.394 e. The number of ether oxygens (including phenoxy) is 2. The summed E-state index contributed by atoms with van der Waals surface area (Å²) in [7, 11) is -5.12. The van der Waals surface area contributed by atoms with Crippen molar-refractivity contribution in [1.29, 1.82) is 0 Å². The van der Waals surface area contributed by atoms with Gasteiger partial charge in [0.1, 0.15) is 30.5 Å². The Hall–Kier alpha value is -1.98. The monoisotopic (exact) mass is 846 g/mol. The van der Waals surface area contributed by atoms with Crippen LogP contribution in [0.5, 0.6) is 0 Å². The third kappa shape index (κ3) is 27.0. The smallest absolute Gasteiger partial charge is 0.394 e. The molecule has 13 nitrogen and oxygen atoms in total. The molecule has 8 unspecified atom stereocenters. The number of aliphatic hydroxyl groups is 5. The van der Waals surface area contributed by atoms with Gasteiger partial charge in [-0.1, -0.05) is 145 Å². The molecule has 0 saturated carbocycles. The number of hydrogen-bond donors (Lipinski definition) is 7. The zero-order chi connectivity index (χ0) is 42.9. The lowest BCUT2D eigenvalue weighted by atomic mass is 9.99. The zero-order valence-corrected chi connectivity index (χ0v) is 36.3. The third-order valence-electron chi connectivity index (χ3n) is 10.3. The standard InChI is InChI=1S/C44H79NO12S/c1-3-5-7-9-11-13-14-15-16-17-18-19-20-21-22-23-25-27-29-31-33-38(48)43(51)45-36(37(47)32-30-28-26-24-12-10-8-6-4-2)35-55-44-41(50)42(57-58(52,53)54)40(49)39(34-46)56-44/h4,6,12,19-20,24,30,32,36-42,44,46-50H,3,5,7-11,13-18,21-23,25-29,31,33-35H2,1-2H3,(H,45,51)(H,52,53,54)/b6-4+,20-19-,24-12+,32-30+. The summed E-state index contributed by atoms with van der Waals surface area (Å²) in [5.74, 6) is -0.726. The molecule has 1 saturated heterocycles. The van der Waals surface area contributed by atoms with Gasteiger partial charge in [0.2, 0.25) is 5.91 Å². The number of allylic oxidation sites excluding steroid dienone is 7. The Morgan fingerprint density at radius 1 is 0.724 bits per heavy atom. The fourth-order valence-corrected chi connectivity index (χ4v) is 7.24. The lowest BCUT2D eigenvalue weighted by molar-refractivity contribution is -0.298. The molecule has 0 radical (unpaired) electrons. The molecule has 0 aromatic heterocycles. The van der Waals surface area contributed by atoms with E-state index in [0.717, 1.165) is 64.2 Å². The van der Waals surface area contributed by atoms with E-state index in [1.165, 1.54) is 70.3 Å². The quantitative estimate of drug-likeness (QED) is 0.0192. The van der Waals surface area contributed by atoms with E-state index in [0.29, 0.717) is 12.8 Å². The van der Waals surface area contributed by atoms with Crippen molar-refractivity contribution in [2.24, 2.45) is 0 Å². The molecule has 1 aliphatic heterocycles. The molecule has 0 spiro atoms. The van der Waals surface area contributed by atoms with Gasteiger partial charge >= 0.3 is 10.4 Å². The Kier molecular flexibility index (Phi) is 32.3. The lowest BCUT2D eigenvalue weighted by Gasteiger charge is -2.41. The van der Waals surface area contributed by atoms with Crippen molar-refractivity contribution < 1.29 is 57.0 Å². The first kappa shape index (κ1) is 54.0. The molecular formula is C44H79NO12S.